The first-order valence-electron chi connectivity index (χ1n) is 3.69. The molecule has 1 heterocycles. The minimum atomic E-state index is -0.535. The molecule has 0 fully saturated rings. The van der Waals surface area contributed by atoms with E-state index in [0.717, 1.165) is 0 Å². The molecule has 0 aliphatic rings. The van der Waals surface area contributed by atoms with Gasteiger partial charge in [-0.15, -0.1) is 0 Å². The van der Waals surface area contributed by atoms with E-state index in [1.54, 1.807) is 6.92 Å². The molecule has 0 saturated heterocycles. The molecule has 0 aromatic carbocycles. The Labute approximate surface area is 82.8 Å². The van der Waals surface area contributed by atoms with Crippen molar-refractivity contribution in [3.63, 3.8) is 0 Å². The molecular formula is C7H9BrN2O3. The predicted octanol–water partition coefficient (Wildman–Crippen LogP) is 0.653. The van der Waals surface area contributed by atoms with Gasteiger partial charge in [0.25, 0.3) is 5.56 Å². The summed E-state index contributed by atoms with van der Waals surface area (Å²) in [5.74, 6) is -0.535. The quantitative estimate of drug-likeness (QED) is 0.783. The molecule has 0 unspecified atom stereocenters. The van der Waals surface area contributed by atoms with E-state index in [0.29, 0.717) is 0 Å². The highest BCUT2D eigenvalue weighted by molar-refractivity contribution is 9.10. The largest absolute Gasteiger partial charge is 0.461 e. The van der Waals surface area contributed by atoms with E-state index >= 15 is 0 Å². The number of hydrogen-bond donors (Lipinski definition) is 1. The van der Waals surface area contributed by atoms with Gasteiger partial charge in [-0.2, -0.15) is 0 Å². The van der Waals surface area contributed by atoms with Crippen LogP contribution in [0.2, 0.25) is 0 Å². The summed E-state index contributed by atoms with van der Waals surface area (Å²) in [7, 11) is 1.52. The number of esters is 1. The van der Waals surface area contributed by atoms with E-state index in [1.807, 2.05) is 0 Å². The van der Waals surface area contributed by atoms with E-state index in [-0.39, 0.29) is 22.3 Å². The van der Waals surface area contributed by atoms with E-state index < -0.39 is 5.97 Å². The number of rotatable bonds is 2. The molecule has 0 amide bonds. The minimum absolute atomic E-state index is 0.148. The maximum absolute atomic E-state index is 11.2. The van der Waals surface area contributed by atoms with Crippen LogP contribution < -0.4 is 5.56 Å². The number of hydrogen-bond acceptors (Lipinski definition) is 3. The normalized spacial score (nSPS) is 10.1. The highest BCUT2D eigenvalue weighted by Gasteiger charge is 2.17. The second-order valence-electron chi connectivity index (χ2n) is 2.39. The summed E-state index contributed by atoms with van der Waals surface area (Å²) in [6.45, 7) is 1.98. The first kappa shape index (κ1) is 10.0. The Bertz CT molecular complexity index is 380. The van der Waals surface area contributed by atoms with Gasteiger partial charge in [-0.3, -0.25) is 14.6 Å². The fourth-order valence-electron chi connectivity index (χ4n) is 0.860. The van der Waals surface area contributed by atoms with E-state index in [1.165, 1.54) is 11.7 Å². The fraction of sp³-hybridized carbons (Fsp3) is 0.429. The van der Waals surface area contributed by atoms with Crippen LogP contribution in [0.25, 0.3) is 0 Å². The molecule has 1 aromatic heterocycles. The summed E-state index contributed by atoms with van der Waals surface area (Å²) in [5.41, 5.74) is -0.141. The Hall–Kier alpha value is -1.04. The Morgan fingerprint density at radius 3 is 2.69 bits per heavy atom. The minimum Gasteiger partial charge on any atom is -0.461 e. The summed E-state index contributed by atoms with van der Waals surface area (Å²) >= 11 is 3.01. The van der Waals surface area contributed by atoms with Gasteiger partial charge in [0.1, 0.15) is 4.47 Å². The lowest BCUT2D eigenvalue weighted by atomic mass is 10.4. The molecule has 0 saturated carbocycles. The van der Waals surface area contributed by atoms with Gasteiger partial charge >= 0.3 is 5.97 Å². The van der Waals surface area contributed by atoms with Crippen LogP contribution in [0, 0.1) is 0 Å². The highest BCUT2D eigenvalue weighted by atomic mass is 79.9. The number of nitrogens with one attached hydrogen (secondary N) is 1. The zero-order chi connectivity index (χ0) is 10.0. The SMILES string of the molecule is CCOC(=O)c1[nH]n(C)c(=O)c1Br. The van der Waals surface area contributed by atoms with Gasteiger partial charge in [-0.05, 0) is 22.9 Å². The zero-order valence-corrected chi connectivity index (χ0v) is 8.84. The third kappa shape index (κ3) is 1.82. The van der Waals surface area contributed by atoms with Gasteiger partial charge in [-0.25, -0.2) is 4.79 Å². The zero-order valence-electron chi connectivity index (χ0n) is 7.26. The Morgan fingerprint density at radius 1 is 1.69 bits per heavy atom. The monoisotopic (exact) mass is 248 g/mol. The molecule has 6 heteroatoms. The van der Waals surface area contributed by atoms with Gasteiger partial charge in [-0.1, -0.05) is 0 Å². The van der Waals surface area contributed by atoms with E-state index in [4.69, 9.17) is 4.74 Å². The molecule has 0 aliphatic carbocycles. The second kappa shape index (κ2) is 3.78. The number of nitrogens with zero attached hydrogens (tertiary/aromatic N) is 1. The maximum atomic E-state index is 11.2. The molecule has 13 heavy (non-hydrogen) atoms. The standard InChI is InChI=1S/C7H9BrN2O3/c1-3-13-7(12)5-4(8)6(11)10(2)9-5/h9H,3H2,1-2H3. The van der Waals surface area contributed by atoms with Crippen LogP contribution in [0.1, 0.15) is 17.4 Å². The fourth-order valence-corrected chi connectivity index (χ4v) is 1.38. The first-order valence-corrected chi connectivity index (χ1v) is 4.48. The summed E-state index contributed by atoms with van der Waals surface area (Å²) in [5, 5.41) is 2.58. The number of carbonyl (C=O) groups is 1. The molecule has 1 N–H and O–H groups in total. The summed E-state index contributed by atoms with van der Waals surface area (Å²) in [4.78, 5) is 22.4. The van der Waals surface area contributed by atoms with Gasteiger partial charge in [0.15, 0.2) is 5.69 Å². The van der Waals surface area contributed by atoms with Crippen LogP contribution in [-0.2, 0) is 11.8 Å². The summed E-state index contributed by atoms with van der Waals surface area (Å²) in [6, 6.07) is 0. The van der Waals surface area contributed by atoms with Crippen molar-refractivity contribution in [1.82, 2.24) is 9.78 Å². The van der Waals surface area contributed by atoms with Crippen LogP contribution in [0.15, 0.2) is 9.27 Å². The summed E-state index contributed by atoms with van der Waals surface area (Å²) < 4.78 is 6.13. The lowest BCUT2D eigenvalue weighted by Crippen LogP contribution is -2.11. The Balaban J connectivity index is 3.09. The van der Waals surface area contributed by atoms with Crippen molar-refractivity contribution in [1.29, 1.82) is 0 Å². The maximum Gasteiger partial charge on any atom is 0.357 e. The molecule has 0 radical (unpaired) electrons. The number of carbonyl (C=O) groups excluding carboxylic acids is 1. The van der Waals surface area contributed by atoms with Crippen molar-refractivity contribution in [3.05, 3.63) is 20.5 Å². The predicted molar refractivity (Wildman–Crippen MR) is 49.7 cm³/mol. The van der Waals surface area contributed by atoms with Crippen LogP contribution >= 0.6 is 15.9 Å². The molecule has 5 nitrogen and oxygen atoms in total. The van der Waals surface area contributed by atoms with Crippen molar-refractivity contribution < 1.29 is 9.53 Å². The van der Waals surface area contributed by atoms with Crippen LogP contribution in [-0.4, -0.2) is 22.4 Å². The average molecular weight is 249 g/mol. The van der Waals surface area contributed by atoms with Gasteiger partial charge < -0.3 is 4.74 Å². The van der Waals surface area contributed by atoms with E-state index in [9.17, 15) is 9.59 Å². The number of ether oxygens (including phenoxy) is 1. The van der Waals surface area contributed by atoms with Gasteiger partial charge in [0.05, 0.1) is 6.61 Å². The number of H-pyrrole nitrogens is 1. The Kier molecular flexibility index (Phi) is 2.92. The van der Waals surface area contributed by atoms with Crippen LogP contribution in [0.5, 0.6) is 0 Å². The smallest absolute Gasteiger partial charge is 0.357 e. The molecule has 0 bridgehead atoms. The lowest BCUT2D eigenvalue weighted by molar-refractivity contribution is 0.0517. The third-order valence-electron chi connectivity index (χ3n) is 1.47. The van der Waals surface area contributed by atoms with Gasteiger partial charge in [0.2, 0.25) is 0 Å². The molecule has 0 spiro atoms. The van der Waals surface area contributed by atoms with Crippen molar-refractivity contribution in [2.24, 2.45) is 7.05 Å². The molecule has 1 aromatic rings. The molecule has 1 rings (SSSR count). The van der Waals surface area contributed by atoms with Crippen LogP contribution in [0.3, 0.4) is 0 Å². The molecule has 0 atom stereocenters. The molecule has 0 aliphatic heterocycles. The molecular weight excluding hydrogens is 240 g/mol. The van der Waals surface area contributed by atoms with Crippen molar-refractivity contribution >= 4 is 21.9 Å². The van der Waals surface area contributed by atoms with Crippen molar-refractivity contribution in [2.45, 2.75) is 6.92 Å². The first-order chi connectivity index (χ1) is 6.07. The highest BCUT2D eigenvalue weighted by Crippen LogP contribution is 2.09. The Morgan fingerprint density at radius 2 is 2.31 bits per heavy atom. The van der Waals surface area contributed by atoms with Crippen molar-refractivity contribution in [3.8, 4) is 0 Å². The third-order valence-corrected chi connectivity index (χ3v) is 2.21. The topological polar surface area (TPSA) is 64.1 Å². The number of aromatic nitrogens is 2. The van der Waals surface area contributed by atoms with Gasteiger partial charge in [0, 0.05) is 7.05 Å². The number of halogens is 1. The lowest BCUT2D eigenvalue weighted by Gasteiger charge is -1.97. The van der Waals surface area contributed by atoms with Crippen LogP contribution in [0.4, 0.5) is 0 Å². The molecule has 72 valence electrons. The summed E-state index contributed by atoms with van der Waals surface area (Å²) in [6.07, 6.45) is 0. The number of aryl methyl sites for hydroxylation is 1. The van der Waals surface area contributed by atoms with E-state index in [2.05, 4.69) is 21.0 Å². The number of aromatic amines is 1. The average Bonchev–Trinajstić information content (AvgIpc) is 2.33. The second-order valence-corrected chi connectivity index (χ2v) is 3.18. The van der Waals surface area contributed by atoms with Crippen molar-refractivity contribution in [2.75, 3.05) is 6.61 Å².